The first-order valence-corrected chi connectivity index (χ1v) is 6.57. The van der Waals surface area contributed by atoms with Crippen molar-refractivity contribution in [2.45, 2.75) is 20.3 Å². The Morgan fingerprint density at radius 3 is 2.76 bits per heavy atom. The topological polar surface area (TPSA) is 130 Å². The molecule has 0 saturated carbocycles. The molecule has 0 aliphatic rings. The predicted molar refractivity (Wildman–Crippen MR) is 72.5 cm³/mol. The summed E-state index contributed by atoms with van der Waals surface area (Å²) in [5, 5.41) is 22.8. The fourth-order valence-corrected chi connectivity index (χ4v) is 1.67. The highest BCUT2D eigenvalue weighted by Crippen LogP contribution is 2.17. The van der Waals surface area contributed by atoms with Crippen molar-refractivity contribution < 1.29 is 9.59 Å². The second-order valence-corrected chi connectivity index (χ2v) is 4.15. The van der Waals surface area contributed by atoms with E-state index in [0.29, 0.717) is 18.8 Å². The first-order valence-electron chi connectivity index (χ1n) is 6.57. The van der Waals surface area contributed by atoms with Crippen LogP contribution in [0.3, 0.4) is 0 Å². The molecule has 0 radical (unpaired) electrons. The molecule has 3 N–H and O–H groups in total. The highest BCUT2D eigenvalue weighted by Gasteiger charge is 2.26. The van der Waals surface area contributed by atoms with Crippen LogP contribution in [0.15, 0.2) is 6.20 Å². The largest absolute Gasteiger partial charge is 0.351 e. The molecule has 0 unspecified atom stereocenters. The Bertz CT molecular complexity index is 618. The molecular weight excluding hydrogens is 276 g/mol. The zero-order chi connectivity index (χ0) is 15.2. The summed E-state index contributed by atoms with van der Waals surface area (Å²) >= 11 is 0. The van der Waals surface area contributed by atoms with Gasteiger partial charge in [-0.3, -0.25) is 4.79 Å². The molecule has 2 aromatic heterocycles. The highest BCUT2D eigenvalue weighted by atomic mass is 16.2. The van der Waals surface area contributed by atoms with E-state index in [4.69, 9.17) is 0 Å². The summed E-state index contributed by atoms with van der Waals surface area (Å²) in [5.41, 5.74) is 0.562. The Morgan fingerprint density at radius 2 is 2.14 bits per heavy atom. The van der Waals surface area contributed by atoms with E-state index in [2.05, 4.69) is 36.4 Å². The first-order chi connectivity index (χ1) is 10.2. The van der Waals surface area contributed by atoms with Crippen LogP contribution < -0.4 is 10.6 Å². The van der Waals surface area contributed by atoms with Gasteiger partial charge in [-0.25, -0.2) is 4.79 Å². The third kappa shape index (κ3) is 3.04. The van der Waals surface area contributed by atoms with Crippen LogP contribution in [0.25, 0.3) is 11.4 Å². The molecule has 0 spiro atoms. The Labute approximate surface area is 120 Å². The zero-order valence-corrected chi connectivity index (χ0v) is 11.8. The Morgan fingerprint density at radius 1 is 1.33 bits per heavy atom. The lowest BCUT2D eigenvalue weighted by Crippen LogP contribution is -2.35. The molecule has 10 nitrogen and oxygen atoms in total. The summed E-state index contributed by atoms with van der Waals surface area (Å²) in [6, 6.07) is -0.514. The van der Waals surface area contributed by atoms with Crippen molar-refractivity contribution in [2.75, 3.05) is 13.1 Å². The van der Waals surface area contributed by atoms with Crippen LogP contribution in [0.2, 0.25) is 0 Å². The van der Waals surface area contributed by atoms with Crippen molar-refractivity contribution in [1.82, 2.24) is 41.0 Å². The lowest BCUT2D eigenvalue weighted by atomic mass is 10.2. The Kier molecular flexibility index (Phi) is 4.59. The summed E-state index contributed by atoms with van der Waals surface area (Å²) in [6.07, 6.45) is 2.17. The lowest BCUT2D eigenvalue weighted by Gasteiger charge is -2.07. The third-order valence-corrected chi connectivity index (χ3v) is 2.60. The lowest BCUT2D eigenvalue weighted by molar-refractivity contribution is 0.0947. The van der Waals surface area contributed by atoms with Gasteiger partial charge < -0.3 is 10.6 Å². The Balaban J connectivity index is 2.41. The average Bonchev–Trinajstić information content (AvgIpc) is 3.12. The monoisotopic (exact) mass is 292 g/mol. The van der Waals surface area contributed by atoms with Gasteiger partial charge in [-0.2, -0.15) is 20.1 Å². The minimum atomic E-state index is -0.514. The molecule has 2 aromatic rings. The number of carbonyl (C=O) groups excluding carboxylic acids is 2. The van der Waals surface area contributed by atoms with Gasteiger partial charge in [0, 0.05) is 13.1 Å². The molecule has 2 rings (SSSR count). The van der Waals surface area contributed by atoms with E-state index < -0.39 is 11.9 Å². The fourth-order valence-electron chi connectivity index (χ4n) is 1.67. The Hall–Kier alpha value is -2.78. The second kappa shape index (κ2) is 6.59. The van der Waals surface area contributed by atoms with E-state index >= 15 is 0 Å². The number of aromatic nitrogens is 6. The number of nitrogens with one attached hydrogen (secondary N) is 3. The number of aromatic amines is 1. The maximum absolute atomic E-state index is 12.2. The number of rotatable bonds is 5. The number of carbonyl (C=O) groups is 2. The molecule has 2 heterocycles. The van der Waals surface area contributed by atoms with E-state index in [1.165, 1.54) is 6.20 Å². The SMILES string of the molecule is CCCNC(=O)n1nnc(-c2cn[nH]n2)c1C(=O)NCC. The van der Waals surface area contributed by atoms with Crippen LogP contribution in [-0.4, -0.2) is 55.4 Å². The van der Waals surface area contributed by atoms with Crippen molar-refractivity contribution in [3.63, 3.8) is 0 Å². The highest BCUT2D eigenvalue weighted by molar-refractivity contribution is 6.00. The number of nitrogens with zero attached hydrogens (tertiary/aromatic N) is 5. The van der Waals surface area contributed by atoms with Gasteiger partial charge in [-0.15, -0.1) is 5.10 Å². The molecule has 0 bridgehead atoms. The summed E-state index contributed by atoms with van der Waals surface area (Å²) in [6.45, 7) is 4.60. The molecule has 0 atom stereocenters. The number of amides is 2. The van der Waals surface area contributed by atoms with E-state index in [0.717, 1.165) is 11.1 Å². The minimum Gasteiger partial charge on any atom is -0.351 e. The third-order valence-electron chi connectivity index (χ3n) is 2.60. The van der Waals surface area contributed by atoms with Crippen molar-refractivity contribution in [1.29, 1.82) is 0 Å². The van der Waals surface area contributed by atoms with Gasteiger partial charge in [0.25, 0.3) is 5.91 Å². The van der Waals surface area contributed by atoms with E-state index in [1.54, 1.807) is 6.92 Å². The van der Waals surface area contributed by atoms with E-state index in [1.807, 2.05) is 6.92 Å². The maximum Gasteiger partial charge on any atom is 0.344 e. The average molecular weight is 292 g/mol. The summed E-state index contributed by atoms with van der Waals surface area (Å²) in [5.74, 6) is -0.452. The van der Waals surface area contributed by atoms with Gasteiger partial charge in [0.05, 0.1) is 6.20 Å². The van der Waals surface area contributed by atoms with Crippen LogP contribution in [-0.2, 0) is 0 Å². The standard InChI is InChI=1S/C11H16N8O2/c1-3-5-13-11(21)19-9(10(20)12-4-2)8(16-18-19)7-6-14-17-15-7/h6H,3-5H2,1-2H3,(H,12,20)(H,13,21)(H,14,15,17). The van der Waals surface area contributed by atoms with Gasteiger partial charge in [-0.05, 0) is 13.3 Å². The molecule has 2 amide bonds. The molecule has 0 aliphatic carbocycles. The molecule has 0 fully saturated rings. The molecule has 0 aliphatic heterocycles. The van der Waals surface area contributed by atoms with Crippen LogP contribution in [0.1, 0.15) is 30.8 Å². The van der Waals surface area contributed by atoms with Crippen LogP contribution in [0, 0.1) is 0 Å². The fraction of sp³-hybridized carbons (Fsp3) is 0.455. The van der Waals surface area contributed by atoms with Crippen LogP contribution in [0.5, 0.6) is 0 Å². The molecule has 21 heavy (non-hydrogen) atoms. The normalized spacial score (nSPS) is 10.4. The molecule has 0 aromatic carbocycles. The van der Waals surface area contributed by atoms with Crippen molar-refractivity contribution in [3.8, 4) is 11.4 Å². The summed E-state index contributed by atoms with van der Waals surface area (Å²) < 4.78 is 0.935. The van der Waals surface area contributed by atoms with Gasteiger partial charge in [0.1, 0.15) is 11.4 Å². The predicted octanol–water partition coefficient (Wildman–Crippen LogP) is -0.219. The molecular formula is C11H16N8O2. The van der Waals surface area contributed by atoms with Crippen molar-refractivity contribution in [2.24, 2.45) is 0 Å². The summed E-state index contributed by atoms with van der Waals surface area (Å²) in [4.78, 5) is 24.2. The van der Waals surface area contributed by atoms with Gasteiger partial charge >= 0.3 is 6.03 Å². The van der Waals surface area contributed by atoms with Crippen LogP contribution >= 0.6 is 0 Å². The first kappa shape index (κ1) is 14.6. The zero-order valence-electron chi connectivity index (χ0n) is 11.8. The number of hydrogen-bond donors (Lipinski definition) is 3. The number of hydrogen-bond acceptors (Lipinski definition) is 6. The van der Waals surface area contributed by atoms with Gasteiger partial charge in [-0.1, -0.05) is 12.1 Å². The minimum absolute atomic E-state index is 0.0272. The van der Waals surface area contributed by atoms with Gasteiger partial charge in [0.2, 0.25) is 0 Å². The van der Waals surface area contributed by atoms with E-state index in [-0.39, 0.29) is 11.4 Å². The smallest absolute Gasteiger partial charge is 0.344 e. The molecule has 10 heteroatoms. The molecule has 0 saturated heterocycles. The quantitative estimate of drug-likeness (QED) is 0.698. The summed E-state index contributed by atoms with van der Waals surface area (Å²) in [7, 11) is 0. The van der Waals surface area contributed by atoms with Gasteiger partial charge in [0.15, 0.2) is 5.69 Å². The maximum atomic E-state index is 12.2. The second-order valence-electron chi connectivity index (χ2n) is 4.15. The van der Waals surface area contributed by atoms with Crippen molar-refractivity contribution in [3.05, 3.63) is 11.9 Å². The number of H-pyrrole nitrogens is 1. The van der Waals surface area contributed by atoms with E-state index in [9.17, 15) is 9.59 Å². The van der Waals surface area contributed by atoms with Crippen LogP contribution in [0.4, 0.5) is 4.79 Å². The van der Waals surface area contributed by atoms with Crippen molar-refractivity contribution >= 4 is 11.9 Å². The molecule has 112 valence electrons.